The van der Waals surface area contributed by atoms with Crippen LogP contribution in [0.15, 0.2) is 30.3 Å². The van der Waals surface area contributed by atoms with Crippen LogP contribution in [0.3, 0.4) is 0 Å². The van der Waals surface area contributed by atoms with E-state index in [1.807, 2.05) is 18.2 Å². The molecule has 3 rings (SSSR count). The summed E-state index contributed by atoms with van der Waals surface area (Å²) >= 11 is 0. The molecule has 2 amide bonds. The zero-order valence-electron chi connectivity index (χ0n) is 12.7. The Morgan fingerprint density at radius 3 is 2.32 bits per heavy atom. The van der Waals surface area contributed by atoms with Crippen LogP contribution in [-0.4, -0.2) is 36.0 Å². The Balaban J connectivity index is 1.43. The number of hydrogen-bond donors (Lipinski definition) is 1. The standard InChI is InChI=1S/C17H22N2O3/c20-16(13-5-4-6-13)18-14-9-11-19(12-10-14)17(21)22-15-7-2-1-3-8-15/h1-3,7-8,13-14H,4-6,9-12H2,(H,18,20). The van der Waals surface area contributed by atoms with Crippen molar-refractivity contribution in [2.24, 2.45) is 5.92 Å². The topological polar surface area (TPSA) is 58.6 Å². The molecule has 0 radical (unpaired) electrons. The highest BCUT2D eigenvalue weighted by molar-refractivity contribution is 5.79. The lowest BCUT2D eigenvalue weighted by Crippen LogP contribution is -2.49. The molecular weight excluding hydrogens is 280 g/mol. The number of hydrogen-bond acceptors (Lipinski definition) is 3. The fourth-order valence-electron chi connectivity index (χ4n) is 2.85. The predicted molar refractivity (Wildman–Crippen MR) is 82.5 cm³/mol. The number of nitrogens with zero attached hydrogens (tertiary/aromatic N) is 1. The summed E-state index contributed by atoms with van der Waals surface area (Å²) in [5.74, 6) is 0.977. The van der Waals surface area contributed by atoms with Gasteiger partial charge in [-0.25, -0.2) is 4.79 Å². The second kappa shape index (κ2) is 6.81. The summed E-state index contributed by atoms with van der Waals surface area (Å²) in [6, 6.07) is 9.28. The summed E-state index contributed by atoms with van der Waals surface area (Å²) in [6.07, 6.45) is 4.49. The van der Waals surface area contributed by atoms with Crippen LogP contribution in [0.2, 0.25) is 0 Å². The molecule has 1 aliphatic carbocycles. The third kappa shape index (κ3) is 3.59. The van der Waals surface area contributed by atoms with Gasteiger partial charge in [-0.3, -0.25) is 4.79 Å². The number of amides is 2. The molecule has 1 aromatic rings. The molecule has 2 fully saturated rings. The summed E-state index contributed by atoms with van der Waals surface area (Å²) in [5, 5.41) is 3.11. The smallest absolute Gasteiger partial charge is 0.410 e. The van der Waals surface area contributed by atoms with Crippen molar-refractivity contribution < 1.29 is 14.3 Å². The first-order valence-corrected chi connectivity index (χ1v) is 8.04. The molecule has 0 aromatic heterocycles. The van der Waals surface area contributed by atoms with Gasteiger partial charge < -0.3 is 15.0 Å². The lowest BCUT2D eigenvalue weighted by atomic mass is 9.84. The number of rotatable bonds is 3. The molecule has 1 aromatic carbocycles. The van der Waals surface area contributed by atoms with Crippen molar-refractivity contribution in [3.05, 3.63) is 30.3 Å². The lowest BCUT2D eigenvalue weighted by Gasteiger charge is -2.33. The Morgan fingerprint density at radius 1 is 1.05 bits per heavy atom. The molecule has 1 saturated carbocycles. The monoisotopic (exact) mass is 302 g/mol. The van der Waals surface area contributed by atoms with Crippen LogP contribution in [0.5, 0.6) is 5.75 Å². The van der Waals surface area contributed by atoms with Gasteiger partial charge in [0, 0.05) is 25.0 Å². The molecule has 1 heterocycles. The average Bonchev–Trinajstić information content (AvgIpc) is 2.47. The number of nitrogens with one attached hydrogen (secondary N) is 1. The molecular formula is C17H22N2O3. The van der Waals surface area contributed by atoms with Gasteiger partial charge in [0.05, 0.1) is 0 Å². The van der Waals surface area contributed by atoms with Gasteiger partial charge in [0.25, 0.3) is 0 Å². The Kier molecular flexibility index (Phi) is 4.61. The number of para-hydroxylation sites is 1. The summed E-state index contributed by atoms with van der Waals surface area (Å²) in [7, 11) is 0. The van der Waals surface area contributed by atoms with Gasteiger partial charge in [0.2, 0.25) is 5.91 Å². The van der Waals surface area contributed by atoms with E-state index in [2.05, 4.69) is 5.32 Å². The maximum absolute atomic E-state index is 12.1. The molecule has 1 aliphatic heterocycles. The first-order valence-electron chi connectivity index (χ1n) is 8.04. The highest BCUT2D eigenvalue weighted by Crippen LogP contribution is 2.26. The summed E-state index contributed by atoms with van der Waals surface area (Å²) < 4.78 is 5.33. The molecule has 2 aliphatic rings. The zero-order chi connectivity index (χ0) is 15.4. The van der Waals surface area contributed by atoms with Gasteiger partial charge in [-0.15, -0.1) is 0 Å². The van der Waals surface area contributed by atoms with Crippen LogP contribution in [0.4, 0.5) is 4.79 Å². The van der Waals surface area contributed by atoms with Gasteiger partial charge in [-0.05, 0) is 37.8 Å². The molecule has 5 nitrogen and oxygen atoms in total. The van der Waals surface area contributed by atoms with Crippen LogP contribution >= 0.6 is 0 Å². The molecule has 1 saturated heterocycles. The van der Waals surface area contributed by atoms with Crippen molar-refractivity contribution in [2.75, 3.05) is 13.1 Å². The van der Waals surface area contributed by atoms with E-state index >= 15 is 0 Å². The fourth-order valence-corrected chi connectivity index (χ4v) is 2.85. The molecule has 5 heteroatoms. The normalized spacial score (nSPS) is 19.4. The number of carbonyl (C=O) groups excluding carboxylic acids is 2. The van der Waals surface area contributed by atoms with Gasteiger partial charge >= 0.3 is 6.09 Å². The van der Waals surface area contributed by atoms with Gasteiger partial charge in [-0.2, -0.15) is 0 Å². The van der Waals surface area contributed by atoms with Crippen LogP contribution in [0, 0.1) is 5.92 Å². The number of carbonyl (C=O) groups is 2. The van der Waals surface area contributed by atoms with Crippen molar-refractivity contribution in [2.45, 2.75) is 38.1 Å². The lowest BCUT2D eigenvalue weighted by molar-refractivity contribution is -0.128. The largest absolute Gasteiger partial charge is 0.415 e. The molecule has 0 atom stereocenters. The third-order valence-corrected chi connectivity index (χ3v) is 4.52. The van der Waals surface area contributed by atoms with Crippen molar-refractivity contribution in [1.82, 2.24) is 10.2 Å². The van der Waals surface area contributed by atoms with Crippen molar-refractivity contribution in [3.63, 3.8) is 0 Å². The Morgan fingerprint density at radius 2 is 1.73 bits per heavy atom. The Labute approximate surface area is 130 Å². The first-order chi connectivity index (χ1) is 10.7. The van der Waals surface area contributed by atoms with Crippen LogP contribution in [-0.2, 0) is 4.79 Å². The summed E-state index contributed by atoms with van der Waals surface area (Å²) in [4.78, 5) is 25.7. The van der Waals surface area contributed by atoms with Gasteiger partial charge in [0.1, 0.15) is 5.75 Å². The van der Waals surface area contributed by atoms with E-state index in [9.17, 15) is 9.59 Å². The van der Waals surface area contributed by atoms with Gasteiger partial charge in [-0.1, -0.05) is 24.6 Å². The molecule has 22 heavy (non-hydrogen) atoms. The predicted octanol–water partition coefficient (Wildman–Crippen LogP) is 2.57. The average molecular weight is 302 g/mol. The minimum Gasteiger partial charge on any atom is -0.410 e. The maximum atomic E-state index is 12.1. The number of piperidine rings is 1. The van der Waals surface area contributed by atoms with E-state index in [4.69, 9.17) is 4.74 Å². The number of ether oxygens (including phenoxy) is 1. The molecule has 0 spiro atoms. The number of benzene rings is 1. The molecule has 0 bridgehead atoms. The van der Waals surface area contributed by atoms with Crippen LogP contribution in [0.1, 0.15) is 32.1 Å². The van der Waals surface area contributed by atoms with E-state index < -0.39 is 0 Å². The first kappa shape index (κ1) is 14.9. The van der Waals surface area contributed by atoms with E-state index in [1.54, 1.807) is 17.0 Å². The zero-order valence-corrected chi connectivity index (χ0v) is 12.7. The van der Waals surface area contributed by atoms with Crippen molar-refractivity contribution in [3.8, 4) is 5.75 Å². The summed E-state index contributed by atoms with van der Waals surface area (Å²) in [5.41, 5.74) is 0. The molecule has 0 unspecified atom stereocenters. The Bertz CT molecular complexity index is 520. The maximum Gasteiger partial charge on any atom is 0.415 e. The van der Waals surface area contributed by atoms with E-state index in [0.29, 0.717) is 18.8 Å². The van der Waals surface area contributed by atoms with Crippen molar-refractivity contribution >= 4 is 12.0 Å². The quantitative estimate of drug-likeness (QED) is 0.933. The molecule has 1 N–H and O–H groups in total. The fraction of sp³-hybridized carbons (Fsp3) is 0.529. The highest BCUT2D eigenvalue weighted by atomic mass is 16.6. The summed E-state index contributed by atoms with van der Waals surface area (Å²) in [6.45, 7) is 1.25. The van der Waals surface area contributed by atoms with E-state index in [1.165, 1.54) is 6.42 Å². The Hall–Kier alpha value is -2.04. The number of likely N-dealkylation sites (tertiary alicyclic amines) is 1. The van der Waals surface area contributed by atoms with E-state index in [0.717, 1.165) is 25.7 Å². The van der Waals surface area contributed by atoms with Crippen LogP contribution < -0.4 is 10.1 Å². The van der Waals surface area contributed by atoms with Crippen molar-refractivity contribution in [1.29, 1.82) is 0 Å². The minimum absolute atomic E-state index is 0.189. The second-order valence-electron chi connectivity index (χ2n) is 6.08. The van der Waals surface area contributed by atoms with Gasteiger partial charge in [0.15, 0.2) is 0 Å². The highest BCUT2D eigenvalue weighted by Gasteiger charge is 2.29. The molecule has 118 valence electrons. The third-order valence-electron chi connectivity index (χ3n) is 4.52. The second-order valence-corrected chi connectivity index (χ2v) is 6.08. The minimum atomic E-state index is -0.310. The van der Waals surface area contributed by atoms with E-state index in [-0.39, 0.29) is 24.0 Å². The SMILES string of the molecule is O=C(NC1CCN(C(=O)Oc2ccccc2)CC1)C1CCC1. The van der Waals surface area contributed by atoms with Crippen LogP contribution in [0.25, 0.3) is 0 Å².